The van der Waals surface area contributed by atoms with Crippen molar-refractivity contribution in [2.24, 2.45) is 11.5 Å². The summed E-state index contributed by atoms with van der Waals surface area (Å²) in [5, 5.41) is 7.44. The lowest BCUT2D eigenvalue weighted by molar-refractivity contribution is -0.117. The van der Waals surface area contributed by atoms with E-state index in [9.17, 15) is 9.59 Å². The molecular formula is C16H21BrN4O2. The number of nitrogens with one attached hydrogen (secondary N) is 2. The second kappa shape index (κ2) is 9.12. The van der Waals surface area contributed by atoms with Crippen molar-refractivity contribution in [3.63, 3.8) is 0 Å². The van der Waals surface area contributed by atoms with Crippen LogP contribution in [0.2, 0.25) is 0 Å². The SMILES string of the molecule is Br.NC(=O)NCCC[C@H](N)C(=O)Nc1ccc2ccccc2c1. The number of urea groups is 1. The van der Waals surface area contributed by atoms with E-state index in [0.29, 0.717) is 19.4 Å². The molecule has 23 heavy (non-hydrogen) atoms. The Bertz CT molecular complexity index is 678. The van der Waals surface area contributed by atoms with E-state index in [4.69, 9.17) is 11.5 Å². The van der Waals surface area contributed by atoms with Gasteiger partial charge in [0.1, 0.15) is 0 Å². The topological polar surface area (TPSA) is 110 Å². The molecule has 2 rings (SSSR count). The van der Waals surface area contributed by atoms with Crippen LogP contribution in [0.4, 0.5) is 10.5 Å². The van der Waals surface area contributed by atoms with Gasteiger partial charge in [-0.2, -0.15) is 0 Å². The van der Waals surface area contributed by atoms with E-state index in [1.807, 2.05) is 42.5 Å². The van der Waals surface area contributed by atoms with Crippen LogP contribution in [0.1, 0.15) is 12.8 Å². The molecular weight excluding hydrogens is 360 g/mol. The third kappa shape index (κ3) is 5.88. The van der Waals surface area contributed by atoms with Gasteiger partial charge < -0.3 is 22.1 Å². The maximum Gasteiger partial charge on any atom is 0.312 e. The fourth-order valence-corrected chi connectivity index (χ4v) is 2.17. The van der Waals surface area contributed by atoms with Gasteiger partial charge in [0.05, 0.1) is 6.04 Å². The van der Waals surface area contributed by atoms with E-state index in [1.54, 1.807) is 0 Å². The van der Waals surface area contributed by atoms with Crippen LogP contribution in [-0.4, -0.2) is 24.5 Å². The standard InChI is InChI=1S/C16H20N4O2.BrH/c17-14(6-3-9-19-16(18)22)15(21)20-13-8-7-11-4-1-2-5-12(11)10-13;/h1-2,4-5,7-8,10,14H,3,6,9,17H2,(H,20,21)(H3,18,19,22);1H/t14-;/m0./s1. The largest absolute Gasteiger partial charge is 0.352 e. The summed E-state index contributed by atoms with van der Waals surface area (Å²) in [4.78, 5) is 22.6. The number of benzene rings is 2. The first-order valence-electron chi connectivity index (χ1n) is 7.15. The van der Waals surface area contributed by atoms with Gasteiger partial charge >= 0.3 is 6.03 Å². The Morgan fingerprint density at radius 3 is 2.48 bits per heavy atom. The van der Waals surface area contributed by atoms with E-state index in [2.05, 4.69) is 10.6 Å². The molecule has 124 valence electrons. The van der Waals surface area contributed by atoms with Crippen LogP contribution >= 0.6 is 17.0 Å². The molecule has 0 spiro atoms. The normalized spacial score (nSPS) is 11.3. The molecule has 0 aliphatic rings. The number of carbonyl (C=O) groups is 2. The molecule has 0 heterocycles. The van der Waals surface area contributed by atoms with Crippen LogP contribution in [-0.2, 0) is 4.79 Å². The Morgan fingerprint density at radius 1 is 1.09 bits per heavy atom. The lowest BCUT2D eigenvalue weighted by Gasteiger charge is -2.12. The number of amides is 3. The monoisotopic (exact) mass is 380 g/mol. The van der Waals surface area contributed by atoms with Crippen LogP contribution in [0.15, 0.2) is 42.5 Å². The van der Waals surface area contributed by atoms with Crippen LogP contribution in [0.25, 0.3) is 10.8 Å². The third-order valence-electron chi connectivity index (χ3n) is 3.34. The van der Waals surface area contributed by atoms with Crippen LogP contribution < -0.4 is 22.1 Å². The molecule has 2 aromatic carbocycles. The molecule has 0 saturated carbocycles. The van der Waals surface area contributed by atoms with Gasteiger partial charge in [0.25, 0.3) is 0 Å². The summed E-state index contributed by atoms with van der Waals surface area (Å²) in [6.45, 7) is 0.409. The van der Waals surface area contributed by atoms with Gasteiger partial charge in [-0.3, -0.25) is 4.79 Å². The van der Waals surface area contributed by atoms with Gasteiger partial charge in [0.2, 0.25) is 5.91 Å². The van der Waals surface area contributed by atoms with Crippen molar-refractivity contribution in [3.05, 3.63) is 42.5 Å². The minimum absolute atomic E-state index is 0. The fraction of sp³-hybridized carbons (Fsp3) is 0.250. The fourth-order valence-electron chi connectivity index (χ4n) is 2.17. The summed E-state index contributed by atoms with van der Waals surface area (Å²) >= 11 is 0. The molecule has 0 aromatic heterocycles. The van der Waals surface area contributed by atoms with Gasteiger partial charge in [-0.15, -0.1) is 17.0 Å². The zero-order valence-corrected chi connectivity index (χ0v) is 14.3. The zero-order chi connectivity index (χ0) is 15.9. The van der Waals surface area contributed by atoms with Crippen LogP contribution in [0, 0.1) is 0 Å². The molecule has 2 aromatic rings. The second-order valence-corrected chi connectivity index (χ2v) is 5.09. The lowest BCUT2D eigenvalue weighted by Crippen LogP contribution is -2.37. The van der Waals surface area contributed by atoms with Crippen molar-refractivity contribution in [2.75, 3.05) is 11.9 Å². The lowest BCUT2D eigenvalue weighted by atomic mass is 10.1. The third-order valence-corrected chi connectivity index (χ3v) is 3.34. The number of hydrogen-bond acceptors (Lipinski definition) is 3. The Morgan fingerprint density at radius 2 is 1.78 bits per heavy atom. The number of rotatable bonds is 6. The van der Waals surface area contributed by atoms with Crippen molar-refractivity contribution in [1.29, 1.82) is 0 Å². The van der Waals surface area contributed by atoms with E-state index in [1.165, 1.54) is 0 Å². The van der Waals surface area contributed by atoms with E-state index >= 15 is 0 Å². The quantitative estimate of drug-likeness (QED) is 0.576. The molecule has 7 heteroatoms. The molecule has 0 radical (unpaired) electrons. The summed E-state index contributed by atoms with van der Waals surface area (Å²) < 4.78 is 0. The Kier molecular flexibility index (Phi) is 7.50. The van der Waals surface area contributed by atoms with E-state index < -0.39 is 12.1 Å². The van der Waals surface area contributed by atoms with Gasteiger partial charge in [0, 0.05) is 12.2 Å². The molecule has 1 atom stereocenters. The average Bonchev–Trinajstić information content (AvgIpc) is 2.51. The highest BCUT2D eigenvalue weighted by Crippen LogP contribution is 2.19. The Balaban J connectivity index is 0.00000264. The first-order chi connectivity index (χ1) is 10.6. The summed E-state index contributed by atoms with van der Waals surface area (Å²) in [5.41, 5.74) is 11.5. The number of primary amides is 1. The van der Waals surface area contributed by atoms with Crippen molar-refractivity contribution in [2.45, 2.75) is 18.9 Å². The molecule has 3 amide bonds. The predicted molar refractivity (Wildman–Crippen MR) is 97.7 cm³/mol. The van der Waals surface area contributed by atoms with Gasteiger partial charge in [-0.25, -0.2) is 4.79 Å². The summed E-state index contributed by atoms with van der Waals surface area (Å²) in [6, 6.07) is 12.4. The minimum atomic E-state index is -0.624. The van der Waals surface area contributed by atoms with E-state index in [-0.39, 0.29) is 22.9 Å². The number of nitrogens with two attached hydrogens (primary N) is 2. The Labute approximate surface area is 145 Å². The smallest absolute Gasteiger partial charge is 0.312 e. The molecule has 0 aliphatic heterocycles. The first kappa shape index (κ1) is 18.9. The number of fused-ring (bicyclic) bond motifs is 1. The minimum Gasteiger partial charge on any atom is -0.352 e. The molecule has 0 bridgehead atoms. The summed E-state index contributed by atoms with van der Waals surface area (Å²) in [5.74, 6) is -0.241. The molecule has 0 aliphatic carbocycles. The highest BCUT2D eigenvalue weighted by molar-refractivity contribution is 8.93. The maximum absolute atomic E-state index is 12.0. The highest BCUT2D eigenvalue weighted by atomic mass is 79.9. The Hall–Kier alpha value is -2.12. The van der Waals surface area contributed by atoms with E-state index in [0.717, 1.165) is 16.5 Å². The van der Waals surface area contributed by atoms with Gasteiger partial charge in [-0.1, -0.05) is 30.3 Å². The summed E-state index contributed by atoms with van der Waals surface area (Å²) in [6.07, 6.45) is 1.06. The van der Waals surface area contributed by atoms with Crippen molar-refractivity contribution in [3.8, 4) is 0 Å². The van der Waals surface area contributed by atoms with Crippen LogP contribution in [0.5, 0.6) is 0 Å². The number of carbonyl (C=O) groups excluding carboxylic acids is 2. The highest BCUT2D eigenvalue weighted by Gasteiger charge is 2.13. The molecule has 0 fully saturated rings. The molecule has 0 saturated heterocycles. The number of hydrogen-bond donors (Lipinski definition) is 4. The number of halogens is 1. The maximum atomic E-state index is 12.0. The van der Waals surface area contributed by atoms with Crippen molar-refractivity contribution >= 4 is 45.4 Å². The van der Waals surface area contributed by atoms with Crippen molar-refractivity contribution < 1.29 is 9.59 Å². The van der Waals surface area contributed by atoms with Crippen molar-refractivity contribution in [1.82, 2.24) is 5.32 Å². The number of anilines is 1. The predicted octanol–water partition coefficient (Wildman–Crippen LogP) is 2.13. The molecule has 6 nitrogen and oxygen atoms in total. The average molecular weight is 381 g/mol. The van der Waals surface area contributed by atoms with Gasteiger partial charge in [-0.05, 0) is 35.7 Å². The van der Waals surface area contributed by atoms with Gasteiger partial charge in [0.15, 0.2) is 0 Å². The first-order valence-corrected chi connectivity index (χ1v) is 7.15. The molecule has 0 unspecified atom stereocenters. The van der Waals surface area contributed by atoms with Crippen LogP contribution in [0.3, 0.4) is 0 Å². The zero-order valence-electron chi connectivity index (χ0n) is 12.6. The molecule has 6 N–H and O–H groups in total. The summed E-state index contributed by atoms with van der Waals surface area (Å²) in [7, 11) is 0. The second-order valence-electron chi connectivity index (χ2n) is 5.09.